The molecule has 0 bridgehead atoms. The van der Waals surface area contributed by atoms with Crippen LogP contribution >= 0.6 is 46.9 Å². The highest BCUT2D eigenvalue weighted by Crippen LogP contribution is 2.35. The lowest BCUT2D eigenvalue weighted by molar-refractivity contribution is -0.137. The van der Waals surface area contributed by atoms with Crippen LogP contribution < -0.4 is 0 Å². The molecule has 1 fully saturated rings. The summed E-state index contributed by atoms with van der Waals surface area (Å²) in [6, 6.07) is 7.21. The third-order valence-corrected chi connectivity index (χ3v) is 5.76. The fraction of sp³-hybridized carbons (Fsp3) is 0.133. The molecule has 9 heteroatoms. The smallest absolute Gasteiger partial charge is 0.305 e. The molecule has 0 saturated carbocycles. The molecule has 0 aromatic carbocycles. The fourth-order valence-electron chi connectivity index (χ4n) is 2.04. The number of aliphatic carboxylic acids is 1. The number of thiocarbonyl (C=S) groups is 1. The molecular weight excluding hydrogens is 390 g/mol. The van der Waals surface area contributed by atoms with Crippen molar-refractivity contribution in [3.8, 4) is 10.6 Å². The molecule has 0 atom stereocenters. The van der Waals surface area contributed by atoms with Crippen LogP contribution in [0, 0.1) is 0 Å². The molecule has 5 nitrogen and oxygen atoms in total. The van der Waals surface area contributed by atoms with Gasteiger partial charge in [-0.2, -0.15) is 0 Å². The van der Waals surface area contributed by atoms with Gasteiger partial charge in [0.1, 0.15) is 15.8 Å². The Morgan fingerprint density at radius 1 is 1.38 bits per heavy atom. The van der Waals surface area contributed by atoms with Crippen molar-refractivity contribution >= 4 is 69.2 Å². The van der Waals surface area contributed by atoms with E-state index in [4.69, 9.17) is 33.3 Å². The van der Waals surface area contributed by atoms with Gasteiger partial charge in [-0.05, 0) is 24.3 Å². The van der Waals surface area contributed by atoms with Gasteiger partial charge in [-0.25, -0.2) is 0 Å². The monoisotopic (exact) mass is 399 g/mol. The zero-order chi connectivity index (χ0) is 17.3. The minimum absolute atomic E-state index is 0.0639. The number of furan rings is 1. The number of thioether (sulfide) groups is 1. The number of nitrogens with zero attached hydrogens (tertiary/aromatic N) is 1. The standard InChI is InChI=1S/C15H10ClNO4S3/c16-12-4-3-10(23-12)9-2-1-8(21-9)7-11-14(20)17(15(22)24-11)6-5-13(18)19/h1-4,7H,5-6H2,(H,18,19)/b11-7+. The van der Waals surface area contributed by atoms with Crippen molar-refractivity contribution in [2.45, 2.75) is 6.42 Å². The lowest BCUT2D eigenvalue weighted by Crippen LogP contribution is -2.30. The summed E-state index contributed by atoms with van der Waals surface area (Å²) in [5, 5.41) is 8.73. The summed E-state index contributed by atoms with van der Waals surface area (Å²) in [7, 11) is 0. The second kappa shape index (κ2) is 7.10. The summed E-state index contributed by atoms with van der Waals surface area (Å²) >= 11 is 13.6. The number of hydrogen-bond acceptors (Lipinski definition) is 6. The Labute approximate surface area is 155 Å². The normalized spacial score (nSPS) is 16.4. The Balaban J connectivity index is 1.77. The third-order valence-electron chi connectivity index (χ3n) is 3.14. The van der Waals surface area contributed by atoms with Crippen molar-refractivity contribution in [2.75, 3.05) is 6.54 Å². The molecule has 3 heterocycles. The predicted molar refractivity (Wildman–Crippen MR) is 99.2 cm³/mol. The lowest BCUT2D eigenvalue weighted by atomic mass is 10.3. The van der Waals surface area contributed by atoms with Crippen LogP contribution in [0.15, 0.2) is 33.6 Å². The summed E-state index contributed by atoms with van der Waals surface area (Å²) in [6.45, 7) is 0.0639. The molecule has 2 aromatic rings. The van der Waals surface area contributed by atoms with Crippen LogP contribution in [0.3, 0.4) is 0 Å². The average Bonchev–Trinajstić information content (AvgIpc) is 3.20. The van der Waals surface area contributed by atoms with Gasteiger partial charge in [-0.3, -0.25) is 14.5 Å². The summed E-state index contributed by atoms with van der Waals surface area (Å²) in [4.78, 5) is 25.6. The Morgan fingerprint density at radius 3 is 2.83 bits per heavy atom. The van der Waals surface area contributed by atoms with Crippen molar-refractivity contribution in [3.05, 3.63) is 39.3 Å². The lowest BCUT2D eigenvalue weighted by Gasteiger charge is -2.12. The van der Waals surface area contributed by atoms with E-state index in [-0.39, 0.29) is 18.9 Å². The second-order valence-electron chi connectivity index (χ2n) is 4.78. The number of hydrogen-bond donors (Lipinski definition) is 1. The van der Waals surface area contributed by atoms with Gasteiger partial charge >= 0.3 is 5.97 Å². The van der Waals surface area contributed by atoms with E-state index in [0.29, 0.717) is 25.1 Å². The first kappa shape index (κ1) is 17.2. The van der Waals surface area contributed by atoms with Crippen LogP contribution in [0.5, 0.6) is 0 Å². The second-order valence-corrected chi connectivity index (χ2v) is 8.17. The molecular formula is C15H10ClNO4S3. The molecule has 1 aliphatic rings. The highest BCUT2D eigenvalue weighted by molar-refractivity contribution is 8.26. The molecule has 3 rings (SSSR count). The topological polar surface area (TPSA) is 70.8 Å². The zero-order valence-electron chi connectivity index (χ0n) is 12.0. The Morgan fingerprint density at radius 2 is 2.17 bits per heavy atom. The number of amides is 1. The van der Waals surface area contributed by atoms with Gasteiger partial charge in [0, 0.05) is 12.6 Å². The van der Waals surface area contributed by atoms with Crippen molar-refractivity contribution in [3.63, 3.8) is 0 Å². The van der Waals surface area contributed by atoms with Gasteiger partial charge in [0.15, 0.2) is 0 Å². The number of rotatable bonds is 5. The molecule has 1 amide bonds. The number of carboxylic acids is 1. The number of carbonyl (C=O) groups is 2. The minimum Gasteiger partial charge on any atom is -0.481 e. The highest BCUT2D eigenvalue weighted by atomic mass is 35.5. The largest absolute Gasteiger partial charge is 0.481 e. The highest BCUT2D eigenvalue weighted by Gasteiger charge is 2.32. The molecule has 1 N–H and O–H groups in total. The maximum atomic E-state index is 12.3. The molecule has 0 unspecified atom stereocenters. The van der Waals surface area contributed by atoms with Gasteiger partial charge in [0.05, 0.1) is 20.5 Å². The Kier molecular flexibility index (Phi) is 5.09. The summed E-state index contributed by atoms with van der Waals surface area (Å²) in [6.07, 6.45) is 1.46. The minimum atomic E-state index is -0.974. The van der Waals surface area contributed by atoms with Crippen LogP contribution in [0.4, 0.5) is 0 Å². The maximum absolute atomic E-state index is 12.3. The molecule has 124 valence electrons. The van der Waals surface area contributed by atoms with Crippen LogP contribution in [0.1, 0.15) is 12.2 Å². The Hall–Kier alpha value is -1.61. The number of halogens is 1. The van der Waals surface area contributed by atoms with Crippen molar-refractivity contribution < 1.29 is 19.1 Å². The van der Waals surface area contributed by atoms with E-state index < -0.39 is 5.97 Å². The van der Waals surface area contributed by atoms with E-state index in [1.165, 1.54) is 16.2 Å². The SMILES string of the molecule is O=C(O)CCN1C(=O)/C(=C\c2ccc(-c3ccc(Cl)s3)o2)SC1=S. The first-order valence-electron chi connectivity index (χ1n) is 6.77. The zero-order valence-corrected chi connectivity index (χ0v) is 15.2. The van der Waals surface area contributed by atoms with E-state index >= 15 is 0 Å². The fourth-order valence-corrected chi connectivity index (χ4v) is 4.33. The van der Waals surface area contributed by atoms with Gasteiger partial charge in [-0.15, -0.1) is 11.3 Å². The van der Waals surface area contributed by atoms with E-state index in [1.807, 2.05) is 6.07 Å². The third kappa shape index (κ3) is 3.72. The number of thiophene rings is 1. The molecule has 1 aliphatic heterocycles. The summed E-state index contributed by atoms with van der Waals surface area (Å²) < 4.78 is 6.74. The van der Waals surface area contributed by atoms with Crippen LogP contribution in [-0.2, 0) is 9.59 Å². The van der Waals surface area contributed by atoms with Gasteiger partial charge in [0.25, 0.3) is 5.91 Å². The summed E-state index contributed by atoms with van der Waals surface area (Å²) in [5.74, 6) is -0.0885. The van der Waals surface area contributed by atoms with Crippen LogP contribution in [-0.4, -0.2) is 32.7 Å². The van der Waals surface area contributed by atoms with Gasteiger partial charge < -0.3 is 9.52 Å². The first-order valence-corrected chi connectivity index (χ1v) is 9.18. The number of carbonyl (C=O) groups excluding carboxylic acids is 1. The first-order chi connectivity index (χ1) is 11.4. The van der Waals surface area contributed by atoms with E-state index in [1.54, 1.807) is 24.3 Å². The maximum Gasteiger partial charge on any atom is 0.305 e. The van der Waals surface area contributed by atoms with Crippen molar-refractivity contribution in [1.29, 1.82) is 0 Å². The van der Waals surface area contributed by atoms with Crippen LogP contribution in [0.2, 0.25) is 4.34 Å². The molecule has 2 aromatic heterocycles. The molecule has 0 aliphatic carbocycles. The van der Waals surface area contributed by atoms with Crippen molar-refractivity contribution in [2.24, 2.45) is 0 Å². The molecule has 0 spiro atoms. The summed E-state index contributed by atoms with van der Waals surface area (Å²) in [5.41, 5.74) is 0. The van der Waals surface area contributed by atoms with Gasteiger partial charge in [0.2, 0.25) is 0 Å². The Bertz CT molecular complexity index is 855. The molecule has 1 saturated heterocycles. The van der Waals surface area contributed by atoms with Crippen LogP contribution in [0.25, 0.3) is 16.7 Å². The van der Waals surface area contributed by atoms with Gasteiger partial charge in [-0.1, -0.05) is 35.6 Å². The van der Waals surface area contributed by atoms with E-state index in [2.05, 4.69) is 0 Å². The van der Waals surface area contributed by atoms with E-state index in [0.717, 1.165) is 16.6 Å². The van der Waals surface area contributed by atoms with Crippen molar-refractivity contribution in [1.82, 2.24) is 4.90 Å². The molecule has 0 radical (unpaired) electrons. The quantitative estimate of drug-likeness (QED) is 0.595. The average molecular weight is 400 g/mol. The predicted octanol–water partition coefficient (Wildman–Crippen LogP) is 4.34. The molecule has 24 heavy (non-hydrogen) atoms. The van der Waals surface area contributed by atoms with E-state index in [9.17, 15) is 9.59 Å². The number of carboxylic acid groups (broad SMARTS) is 1.